The first-order chi connectivity index (χ1) is 6.95. The van der Waals surface area contributed by atoms with E-state index < -0.39 is 15.9 Å². The van der Waals surface area contributed by atoms with Gasteiger partial charge in [-0.05, 0) is 18.6 Å². The van der Waals surface area contributed by atoms with Gasteiger partial charge >= 0.3 is 0 Å². The third-order valence-electron chi connectivity index (χ3n) is 1.69. The molecule has 1 aromatic heterocycles. The molecule has 1 heterocycles. The number of thiophene rings is 1. The van der Waals surface area contributed by atoms with E-state index in [1.807, 2.05) is 6.92 Å². The minimum atomic E-state index is -3.58. The molecule has 15 heavy (non-hydrogen) atoms. The lowest BCUT2D eigenvalue weighted by Gasteiger charge is -2.00. The number of hydrogen-bond acceptors (Lipinski definition) is 4. The van der Waals surface area contributed by atoms with Gasteiger partial charge in [0.1, 0.15) is 4.21 Å². The lowest BCUT2D eigenvalue weighted by molar-refractivity contribution is -0.116. The van der Waals surface area contributed by atoms with Crippen LogP contribution in [0.2, 0.25) is 0 Å². The molecular formula is C8H12N2O3S2. The molecule has 0 spiro atoms. The van der Waals surface area contributed by atoms with E-state index in [0.717, 1.165) is 11.3 Å². The largest absolute Gasteiger partial charge is 0.369 e. The van der Waals surface area contributed by atoms with E-state index in [0.29, 0.717) is 0 Å². The first kappa shape index (κ1) is 12.2. The normalized spacial score (nSPS) is 11.5. The topological polar surface area (TPSA) is 89.3 Å². The highest BCUT2D eigenvalue weighted by Crippen LogP contribution is 2.21. The highest BCUT2D eigenvalue weighted by Gasteiger charge is 2.16. The first-order valence-electron chi connectivity index (χ1n) is 4.32. The first-order valence-corrected chi connectivity index (χ1v) is 6.62. The zero-order valence-electron chi connectivity index (χ0n) is 8.19. The molecule has 0 atom stereocenters. The predicted molar refractivity (Wildman–Crippen MR) is 58.1 cm³/mol. The van der Waals surface area contributed by atoms with Crippen LogP contribution in [-0.4, -0.2) is 20.9 Å². The second-order valence-corrected chi connectivity index (χ2v) is 6.03. The van der Waals surface area contributed by atoms with E-state index in [1.165, 1.54) is 17.4 Å². The average Bonchev–Trinajstić information content (AvgIpc) is 2.63. The Labute approximate surface area is 92.3 Å². The van der Waals surface area contributed by atoms with Gasteiger partial charge in [-0.3, -0.25) is 4.79 Å². The number of sulfonamides is 1. The van der Waals surface area contributed by atoms with Crippen molar-refractivity contribution < 1.29 is 13.2 Å². The van der Waals surface area contributed by atoms with Gasteiger partial charge < -0.3 is 5.73 Å². The molecule has 5 nitrogen and oxygen atoms in total. The van der Waals surface area contributed by atoms with Crippen molar-refractivity contribution in [2.24, 2.45) is 5.73 Å². The van der Waals surface area contributed by atoms with Crippen molar-refractivity contribution >= 4 is 27.3 Å². The number of nitrogens with one attached hydrogen (secondary N) is 1. The van der Waals surface area contributed by atoms with E-state index in [-0.39, 0.29) is 10.8 Å². The molecule has 0 aromatic carbocycles. The average molecular weight is 248 g/mol. The number of carbonyl (C=O) groups excluding carboxylic acids is 1. The molecule has 7 heteroatoms. The highest BCUT2D eigenvalue weighted by molar-refractivity contribution is 7.91. The van der Waals surface area contributed by atoms with Crippen LogP contribution in [0, 0.1) is 0 Å². The fraction of sp³-hybridized carbons (Fsp3) is 0.375. The summed E-state index contributed by atoms with van der Waals surface area (Å²) in [7, 11) is -3.58. The van der Waals surface area contributed by atoms with Crippen LogP contribution in [0.15, 0.2) is 16.3 Å². The third kappa shape index (κ3) is 3.29. The lowest BCUT2D eigenvalue weighted by atomic mass is 10.4. The van der Waals surface area contributed by atoms with Crippen LogP contribution < -0.4 is 10.5 Å². The summed E-state index contributed by atoms with van der Waals surface area (Å²) < 4.78 is 25.4. The molecule has 0 aliphatic heterocycles. The van der Waals surface area contributed by atoms with Crippen molar-refractivity contribution in [2.45, 2.75) is 17.6 Å². The monoisotopic (exact) mass is 248 g/mol. The Morgan fingerprint density at radius 1 is 1.53 bits per heavy atom. The zero-order valence-corrected chi connectivity index (χ0v) is 9.82. The van der Waals surface area contributed by atoms with Crippen molar-refractivity contribution in [3.63, 3.8) is 0 Å². The van der Waals surface area contributed by atoms with Crippen LogP contribution >= 0.6 is 11.3 Å². The summed E-state index contributed by atoms with van der Waals surface area (Å²) in [6.07, 6.45) is 0.788. The Morgan fingerprint density at radius 3 is 2.67 bits per heavy atom. The summed E-state index contributed by atoms with van der Waals surface area (Å²) in [6, 6.07) is 3.27. The van der Waals surface area contributed by atoms with E-state index in [2.05, 4.69) is 4.72 Å². The van der Waals surface area contributed by atoms with Gasteiger partial charge in [-0.2, -0.15) is 0 Å². The molecule has 1 amide bonds. The number of amides is 1. The summed E-state index contributed by atoms with van der Waals surface area (Å²) in [6.45, 7) is 1.57. The molecule has 1 rings (SSSR count). The number of aryl methyl sites for hydroxylation is 1. The van der Waals surface area contributed by atoms with Gasteiger partial charge in [-0.25, -0.2) is 13.1 Å². The highest BCUT2D eigenvalue weighted by atomic mass is 32.2. The lowest BCUT2D eigenvalue weighted by Crippen LogP contribution is -2.32. The molecule has 0 fully saturated rings. The number of rotatable bonds is 5. The number of nitrogens with two attached hydrogens (primary N) is 1. The van der Waals surface area contributed by atoms with E-state index >= 15 is 0 Å². The predicted octanol–water partition coefficient (Wildman–Crippen LogP) is 0.0741. The Morgan fingerprint density at radius 2 is 2.20 bits per heavy atom. The second kappa shape index (κ2) is 4.73. The minimum absolute atomic E-state index is 0.209. The minimum Gasteiger partial charge on any atom is -0.369 e. The molecule has 0 aliphatic rings. The fourth-order valence-corrected chi connectivity index (χ4v) is 3.26. The molecule has 0 radical (unpaired) electrons. The maximum Gasteiger partial charge on any atom is 0.250 e. The van der Waals surface area contributed by atoms with Crippen LogP contribution in [0.1, 0.15) is 11.8 Å². The van der Waals surface area contributed by atoms with Crippen LogP contribution in [0.4, 0.5) is 0 Å². The number of hydrogen-bond donors (Lipinski definition) is 2. The smallest absolute Gasteiger partial charge is 0.250 e. The second-order valence-electron chi connectivity index (χ2n) is 2.87. The van der Waals surface area contributed by atoms with Crippen molar-refractivity contribution in [1.82, 2.24) is 4.72 Å². The van der Waals surface area contributed by atoms with Gasteiger partial charge in [0.05, 0.1) is 6.54 Å². The van der Waals surface area contributed by atoms with Gasteiger partial charge in [0.2, 0.25) is 5.91 Å². The molecule has 0 unspecified atom stereocenters. The quantitative estimate of drug-likeness (QED) is 0.773. The van der Waals surface area contributed by atoms with Crippen molar-refractivity contribution in [3.8, 4) is 0 Å². The maximum absolute atomic E-state index is 11.6. The molecule has 0 bridgehead atoms. The Kier molecular flexibility index (Phi) is 3.83. The summed E-state index contributed by atoms with van der Waals surface area (Å²) >= 11 is 1.19. The zero-order chi connectivity index (χ0) is 11.5. The standard InChI is InChI=1S/C8H12N2O3S2/c1-2-6-3-4-8(14-6)15(12,13)10-5-7(9)11/h3-4,10H,2,5H2,1H3,(H2,9,11). The molecule has 3 N–H and O–H groups in total. The van der Waals surface area contributed by atoms with Crippen LogP contribution in [0.5, 0.6) is 0 Å². The molecule has 0 saturated carbocycles. The van der Waals surface area contributed by atoms with Crippen molar-refractivity contribution in [1.29, 1.82) is 0 Å². The summed E-state index contributed by atoms with van der Waals surface area (Å²) in [4.78, 5) is 11.4. The van der Waals surface area contributed by atoms with Gasteiger partial charge in [0, 0.05) is 4.88 Å². The van der Waals surface area contributed by atoms with Crippen molar-refractivity contribution in [3.05, 3.63) is 17.0 Å². The van der Waals surface area contributed by atoms with Crippen LogP contribution in [-0.2, 0) is 21.2 Å². The molecule has 0 aliphatic carbocycles. The number of carbonyl (C=O) groups is 1. The van der Waals surface area contributed by atoms with E-state index in [4.69, 9.17) is 5.73 Å². The van der Waals surface area contributed by atoms with Crippen LogP contribution in [0.3, 0.4) is 0 Å². The third-order valence-corrected chi connectivity index (χ3v) is 4.81. The van der Waals surface area contributed by atoms with E-state index in [9.17, 15) is 13.2 Å². The van der Waals surface area contributed by atoms with Gasteiger partial charge in [0.25, 0.3) is 10.0 Å². The van der Waals surface area contributed by atoms with Crippen LogP contribution in [0.25, 0.3) is 0 Å². The Hall–Kier alpha value is -0.920. The van der Waals surface area contributed by atoms with Gasteiger partial charge in [-0.1, -0.05) is 6.92 Å². The molecular weight excluding hydrogens is 236 g/mol. The van der Waals surface area contributed by atoms with Gasteiger partial charge in [0.15, 0.2) is 0 Å². The summed E-state index contributed by atoms with van der Waals surface area (Å²) in [5.41, 5.74) is 4.85. The molecule has 84 valence electrons. The summed E-state index contributed by atoms with van der Waals surface area (Å²) in [5.74, 6) is -0.703. The molecule has 0 saturated heterocycles. The SMILES string of the molecule is CCc1ccc(S(=O)(=O)NCC(N)=O)s1. The van der Waals surface area contributed by atoms with E-state index in [1.54, 1.807) is 6.07 Å². The fourth-order valence-electron chi connectivity index (χ4n) is 0.930. The Bertz CT molecular complexity index is 450. The van der Waals surface area contributed by atoms with Gasteiger partial charge in [-0.15, -0.1) is 11.3 Å². The summed E-state index contributed by atoms with van der Waals surface area (Å²) in [5, 5.41) is 0. The van der Waals surface area contributed by atoms with Crippen molar-refractivity contribution in [2.75, 3.05) is 6.54 Å². The number of primary amides is 1. The maximum atomic E-state index is 11.6. The molecule has 1 aromatic rings. The Balaban J connectivity index is 2.81.